The highest BCUT2D eigenvalue weighted by atomic mass is 32.2. The molecule has 0 saturated carbocycles. The maximum absolute atomic E-state index is 14.0. The Morgan fingerprint density at radius 1 is 0.796 bits per heavy atom. The molecular weight excluding hydrogens is 639 g/mol. The highest BCUT2D eigenvalue weighted by Gasteiger charge is 2.49. The molecule has 1 fully saturated rings. The van der Waals surface area contributed by atoms with Gasteiger partial charge in [0.2, 0.25) is 23.6 Å². The minimum absolute atomic E-state index is 0.0950. The van der Waals surface area contributed by atoms with Crippen LogP contribution >= 0.6 is 11.8 Å². The lowest BCUT2D eigenvalue weighted by molar-refractivity contribution is -0.129. The van der Waals surface area contributed by atoms with Crippen LogP contribution in [-0.2, 0) is 38.6 Å². The number of nitrogens with one attached hydrogen (secondary N) is 5. The third kappa shape index (κ3) is 11.7. The van der Waals surface area contributed by atoms with Crippen LogP contribution < -0.4 is 26.6 Å². The van der Waals surface area contributed by atoms with Crippen LogP contribution in [0.1, 0.15) is 50.8 Å². The predicted molar refractivity (Wildman–Crippen MR) is 193 cm³/mol. The van der Waals surface area contributed by atoms with Crippen LogP contribution in [0.2, 0.25) is 0 Å². The van der Waals surface area contributed by atoms with Gasteiger partial charge in [-0.25, -0.2) is 0 Å². The minimum Gasteiger partial charge on any atom is -0.390 e. The monoisotopic (exact) mass is 687 g/mol. The van der Waals surface area contributed by atoms with Crippen molar-refractivity contribution in [3.63, 3.8) is 0 Å². The Kier molecular flexibility index (Phi) is 13.8. The van der Waals surface area contributed by atoms with Crippen LogP contribution in [0.5, 0.6) is 0 Å². The zero-order valence-electron chi connectivity index (χ0n) is 28.6. The fourth-order valence-electron chi connectivity index (χ4n) is 5.67. The summed E-state index contributed by atoms with van der Waals surface area (Å²) >= 11 is 1.40. The van der Waals surface area contributed by atoms with Gasteiger partial charge in [-0.2, -0.15) is 0 Å². The number of thioether (sulfide) groups is 1. The van der Waals surface area contributed by atoms with Gasteiger partial charge in [0.1, 0.15) is 12.1 Å². The standard InChI is InChI=1S/C38H49N5O5S/c1-25(2)23-39-31(45)22-30(44)29(20-26-14-8-5-9-15-26)41-36(48)34-38(3,4)49-37(43-34)33(35(47)40-24-28-18-12-7-13-19-28)42-32(46)21-27-16-10-6-11-17-27/h5-19,25,29-30,33-34,37,43-44H,20-24H2,1-4H3,(H,39,45)(H,40,47)(H,41,48)(H,42,46)/t29-,30+,33-,34+,37-/m1/s1. The summed E-state index contributed by atoms with van der Waals surface area (Å²) in [5.74, 6) is -1.10. The first-order chi connectivity index (χ1) is 23.4. The van der Waals surface area contributed by atoms with Gasteiger partial charge in [-0.05, 0) is 42.9 Å². The van der Waals surface area contributed by atoms with Crippen molar-refractivity contribution in [1.82, 2.24) is 26.6 Å². The molecule has 4 amide bonds. The van der Waals surface area contributed by atoms with Crippen LogP contribution in [-0.4, -0.2) is 69.6 Å². The van der Waals surface area contributed by atoms with E-state index in [1.165, 1.54) is 11.8 Å². The first kappa shape index (κ1) is 37.6. The van der Waals surface area contributed by atoms with Gasteiger partial charge in [0.05, 0.1) is 30.4 Å². The van der Waals surface area contributed by atoms with Gasteiger partial charge in [0.15, 0.2) is 0 Å². The van der Waals surface area contributed by atoms with E-state index in [1.54, 1.807) is 0 Å². The quantitative estimate of drug-likeness (QED) is 0.136. The molecule has 4 rings (SSSR count). The molecule has 49 heavy (non-hydrogen) atoms. The first-order valence-corrected chi connectivity index (χ1v) is 17.7. The van der Waals surface area contributed by atoms with Gasteiger partial charge in [-0.1, -0.05) is 105 Å². The van der Waals surface area contributed by atoms with Crippen molar-refractivity contribution in [2.75, 3.05) is 6.54 Å². The highest BCUT2D eigenvalue weighted by Crippen LogP contribution is 2.39. The van der Waals surface area contributed by atoms with Crippen LogP contribution in [0.4, 0.5) is 0 Å². The zero-order chi connectivity index (χ0) is 35.4. The second-order valence-corrected chi connectivity index (χ2v) is 15.2. The number of benzene rings is 3. The van der Waals surface area contributed by atoms with E-state index in [-0.39, 0.29) is 48.9 Å². The zero-order valence-corrected chi connectivity index (χ0v) is 29.5. The minimum atomic E-state index is -1.14. The Hall–Kier alpha value is -4.19. The molecule has 1 aliphatic heterocycles. The number of carbonyl (C=O) groups is 4. The Labute approximate surface area is 293 Å². The van der Waals surface area contributed by atoms with E-state index in [1.807, 2.05) is 119 Å². The normalized spacial score (nSPS) is 18.6. The average Bonchev–Trinajstić information content (AvgIpc) is 3.40. The third-order valence-corrected chi connectivity index (χ3v) is 9.84. The van der Waals surface area contributed by atoms with Gasteiger partial charge in [-0.3, -0.25) is 24.5 Å². The summed E-state index contributed by atoms with van der Waals surface area (Å²) in [5, 5.41) is 25.6. The van der Waals surface area contributed by atoms with Gasteiger partial charge in [-0.15, -0.1) is 11.8 Å². The molecule has 1 saturated heterocycles. The van der Waals surface area contributed by atoms with E-state index in [2.05, 4.69) is 26.6 Å². The Morgan fingerprint density at radius 3 is 1.96 bits per heavy atom. The predicted octanol–water partition coefficient (Wildman–Crippen LogP) is 3.09. The lowest BCUT2D eigenvalue weighted by Crippen LogP contribution is -2.59. The van der Waals surface area contributed by atoms with Crippen molar-refractivity contribution in [1.29, 1.82) is 0 Å². The van der Waals surface area contributed by atoms with E-state index < -0.39 is 34.4 Å². The van der Waals surface area contributed by atoms with Crippen LogP contribution in [0.3, 0.4) is 0 Å². The Bertz CT molecular complexity index is 1520. The van der Waals surface area contributed by atoms with Crippen molar-refractivity contribution in [2.45, 2.75) is 87.9 Å². The number of hydrogen-bond acceptors (Lipinski definition) is 7. The summed E-state index contributed by atoms with van der Waals surface area (Å²) < 4.78 is -0.701. The second kappa shape index (κ2) is 18.0. The van der Waals surface area contributed by atoms with Gasteiger partial charge in [0, 0.05) is 17.8 Å². The Morgan fingerprint density at radius 2 is 1.37 bits per heavy atom. The van der Waals surface area contributed by atoms with E-state index in [0.29, 0.717) is 13.0 Å². The average molecular weight is 688 g/mol. The Balaban J connectivity index is 1.50. The lowest BCUT2D eigenvalue weighted by Gasteiger charge is -2.29. The summed E-state index contributed by atoms with van der Waals surface area (Å²) in [5.41, 5.74) is 2.63. The van der Waals surface area contributed by atoms with Crippen molar-refractivity contribution < 1.29 is 24.3 Å². The molecule has 3 aromatic rings. The number of amides is 4. The summed E-state index contributed by atoms with van der Waals surface area (Å²) in [6, 6.07) is 25.7. The van der Waals surface area contributed by atoms with E-state index in [0.717, 1.165) is 16.7 Å². The largest absolute Gasteiger partial charge is 0.390 e. The fourth-order valence-corrected chi connectivity index (χ4v) is 7.17. The molecule has 0 radical (unpaired) electrons. The molecule has 6 N–H and O–H groups in total. The van der Waals surface area contributed by atoms with Crippen LogP contribution in [0.25, 0.3) is 0 Å². The molecule has 0 spiro atoms. The van der Waals surface area contributed by atoms with Gasteiger partial charge in [0.25, 0.3) is 0 Å². The number of rotatable bonds is 16. The van der Waals surface area contributed by atoms with E-state index in [9.17, 15) is 24.3 Å². The summed E-state index contributed by atoms with van der Waals surface area (Å²) in [6.07, 6.45) is -0.897. The number of carbonyl (C=O) groups excluding carboxylic acids is 4. The smallest absolute Gasteiger partial charge is 0.245 e. The molecule has 0 unspecified atom stereocenters. The molecule has 0 aliphatic carbocycles. The van der Waals surface area contributed by atoms with Gasteiger partial charge >= 0.3 is 0 Å². The molecule has 0 bridgehead atoms. The summed E-state index contributed by atoms with van der Waals surface area (Å²) in [6.45, 7) is 8.55. The lowest BCUT2D eigenvalue weighted by atomic mass is 9.96. The molecule has 11 heteroatoms. The van der Waals surface area contributed by atoms with E-state index >= 15 is 0 Å². The summed E-state index contributed by atoms with van der Waals surface area (Å²) in [7, 11) is 0. The first-order valence-electron chi connectivity index (χ1n) is 16.8. The molecule has 3 aromatic carbocycles. The van der Waals surface area contributed by atoms with Crippen molar-refractivity contribution in [2.24, 2.45) is 5.92 Å². The van der Waals surface area contributed by atoms with E-state index in [4.69, 9.17) is 0 Å². The molecular formula is C38H49N5O5S. The van der Waals surface area contributed by atoms with Crippen molar-refractivity contribution in [3.05, 3.63) is 108 Å². The van der Waals surface area contributed by atoms with Gasteiger partial charge < -0.3 is 26.4 Å². The highest BCUT2D eigenvalue weighted by molar-refractivity contribution is 8.01. The van der Waals surface area contributed by atoms with Crippen molar-refractivity contribution in [3.8, 4) is 0 Å². The summed E-state index contributed by atoms with van der Waals surface area (Å²) in [4.78, 5) is 53.5. The number of aliphatic hydroxyl groups excluding tert-OH is 1. The fraction of sp³-hybridized carbons (Fsp3) is 0.421. The van der Waals surface area contributed by atoms with Crippen LogP contribution in [0, 0.1) is 5.92 Å². The maximum atomic E-state index is 14.0. The second-order valence-electron chi connectivity index (χ2n) is 13.4. The molecule has 262 valence electrons. The van der Waals surface area contributed by atoms with Crippen molar-refractivity contribution >= 4 is 35.4 Å². The molecule has 0 aromatic heterocycles. The molecule has 1 heterocycles. The third-order valence-electron chi connectivity index (χ3n) is 8.33. The van der Waals surface area contributed by atoms with Crippen LogP contribution in [0.15, 0.2) is 91.0 Å². The molecule has 5 atom stereocenters. The number of hydrogen-bond donors (Lipinski definition) is 6. The number of aliphatic hydroxyl groups is 1. The molecule has 10 nitrogen and oxygen atoms in total. The SMILES string of the molecule is CC(C)CNC(=O)C[C@H](O)[C@@H](Cc1ccccc1)NC(=O)[C@@H]1N[C@@H]([C@H](NC(=O)Cc2ccccc2)C(=O)NCc2ccccc2)SC1(C)C. The maximum Gasteiger partial charge on any atom is 0.245 e. The molecule has 1 aliphatic rings. The topological polar surface area (TPSA) is 149 Å².